The fourth-order valence-electron chi connectivity index (χ4n) is 1.88. The number of carbonyl (C=O) groups is 1. The topological polar surface area (TPSA) is 64.0 Å². The van der Waals surface area contributed by atoms with Gasteiger partial charge in [-0.2, -0.15) is 0 Å². The summed E-state index contributed by atoms with van der Waals surface area (Å²) in [7, 11) is 1.81. The van der Waals surface area contributed by atoms with Crippen molar-refractivity contribution in [1.29, 1.82) is 0 Å². The molecule has 0 aliphatic heterocycles. The van der Waals surface area contributed by atoms with Gasteiger partial charge in [-0.3, -0.25) is 9.59 Å². The zero-order valence-electron chi connectivity index (χ0n) is 11.7. The van der Waals surface area contributed by atoms with Crippen molar-refractivity contribution in [2.75, 3.05) is 0 Å². The number of carbonyl (C=O) groups excluding carboxylic acids is 1. The van der Waals surface area contributed by atoms with Gasteiger partial charge in [0.1, 0.15) is 10.6 Å². The van der Waals surface area contributed by atoms with Gasteiger partial charge in [0.2, 0.25) is 0 Å². The Labute approximate surface area is 121 Å². The van der Waals surface area contributed by atoms with Crippen molar-refractivity contribution < 1.29 is 4.79 Å². The van der Waals surface area contributed by atoms with Gasteiger partial charge in [0.15, 0.2) is 5.43 Å². The second-order valence-corrected chi connectivity index (χ2v) is 5.53. The van der Waals surface area contributed by atoms with Gasteiger partial charge in [-0.05, 0) is 13.3 Å². The summed E-state index contributed by atoms with van der Waals surface area (Å²) in [6.07, 6.45) is 4.01. The molecule has 0 saturated carbocycles. The number of aromatic nitrogens is 2. The molecule has 0 unspecified atom stereocenters. The van der Waals surface area contributed by atoms with Crippen LogP contribution in [0.15, 0.2) is 28.6 Å². The molecule has 0 aliphatic carbocycles. The molecule has 5 nitrogen and oxygen atoms in total. The molecule has 0 saturated heterocycles. The van der Waals surface area contributed by atoms with Gasteiger partial charge in [-0.25, -0.2) is 4.98 Å². The Kier molecular flexibility index (Phi) is 4.34. The van der Waals surface area contributed by atoms with Gasteiger partial charge < -0.3 is 9.88 Å². The van der Waals surface area contributed by atoms with Crippen LogP contribution in [0, 0.1) is 6.92 Å². The summed E-state index contributed by atoms with van der Waals surface area (Å²) in [4.78, 5) is 28.4. The molecule has 0 bridgehead atoms. The van der Waals surface area contributed by atoms with E-state index in [2.05, 4.69) is 10.3 Å². The van der Waals surface area contributed by atoms with E-state index in [4.69, 9.17) is 0 Å². The maximum atomic E-state index is 12.2. The number of pyridine rings is 1. The van der Waals surface area contributed by atoms with Gasteiger partial charge in [-0.15, -0.1) is 11.3 Å². The molecule has 2 rings (SSSR count). The Morgan fingerprint density at radius 2 is 2.30 bits per heavy atom. The average molecular weight is 291 g/mol. The second kappa shape index (κ2) is 6.00. The third-order valence-electron chi connectivity index (χ3n) is 3.19. The van der Waals surface area contributed by atoms with E-state index in [9.17, 15) is 9.59 Å². The second-order valence-electron chi connectivity index (χ2n) is 4.61. The lowest BCUT2D eigenvalue weighted by atomic mass is 10.2. The van der Waals surface area contributed by atoms with Crippen LogP contribution in [0.25, 0.3) is 0 Å². The van der Waals surface area contributed by atoms with Crippen molar-refractivity contribution in [3.8, 4) is 0 Å². The number of hydrogen-bond donors (Lipinski definition) is 1. The summed E-state index contributed by atoms with van der Waals surface area (Å²) in [5, 5.41) is 5.59. The number of hydrogen-bond acceptors (Lipinski definition) is 4. The highest BCUT2D eigenvalue weighted by atomic mass is 32.1. The first-order valence-corrected chi connectivity index (χ1v) is 7.28. The largest absolute Gasteiger partial charge is 0.354 e. The highest BCUT2D eigenvalue weighted by Crippen LogP contribution is 2.18. The molecule has 1 amide bonds. The van der Waals surface area contributed by atoms with E-state index in [1.165, 1.54) is 17.4 Å². The fraction of sp³-hybridized carbons (Fsp3) is 0.357. The highest BCUT2D eigenvalue weighted by molar-refractivity contribution is 7.09. The molecule has 2 aromatic heterocycles. The lowest BCUT2D eigenvalue weighted by Crippen LogP contribution is -2.32. The van der Waals surface area contributed by atoms with E-state index in [0.717, 1.165) is 17.1 Å². The van der Waals surface area contributed by atoms with Crippen molar-refractivity contribution in [2.24, 2.45) is 7.05 Å². The van der Waals surface area contributed by atoms with Crippen LogP contribution in [0.2, 0.25) is 0 Å². The van der Waals surface area contributed by atoms with E-state index in [1.54, 1.807) is 17.0 Å². The lowest BCUT2D eigenvalue weighted by Gasteiger charge is -2.15. The fourth-order valence-corrected chi connectivity index (χ4v) is 2.65. The van der Waals surface area contributed by atoms with Crippen molar-refractivity contribution in [2.45, 2.75) is 26.3 Å². The van der Waals surface area contributed by atoms with E-state index >= 15 is 0 Å². The van der Waals surface area contributed by atoms with Crippen LogP contribution in [0.1, 0.15) is 40.4 Å². The van der Waals surface area contributed by atoms with Gasteiger partial charge in [0.25, 0.3) is 5.91 Å². The van der Waals surface area contributed by atoms with Gasteiger partial charge in [-0.1, -0.05) is 6.92 Å². The molecule has 0 aliphatic rings. The third kappa shape index (κ3) is 2.96. The standard InChI is InChI=1S/C14H17N3O2S/c1-4-11(14-15-5-6-20-14)16-13(19)10-8-17(3)9(2)7-12(10)18/h5-8,11H,4H2,1-3H3,(H,16,19)/t11-/m1/s1. The van der Waals surface area contributed by atoms with Gasteiger partial charge >= 0.3 is 0 Å². The zero-order valence-corrected chi connectivity index (χ0v) is 12.5. The zero-order chi connectivity index (χ0) is 14.7. The summed E-state index contributed by atoms with van der Waals surface area (Å²) < 4.78 is 1.76. The monoisotopic (exact) mass is 291 g/mol. The molecule has 0 aromatic carbocycles. The number of thiazole rings is 1. The first-order chi connectivity index (χ1) is 9.52. The molecule has 1 atom stereocenters. The summed E-state index contributed by atoms with van der Waals surface area (Å²) in [6, 6.07) is 1.31. The predicted molar refractivity (Wildman–Crippen MR) is 79.0 cm³/mol. The van der Waals surface area contributed by atoms with Crippen LogP contribution < -0.4 is 10.7 Å². The average Bonchev–Trinajstić information content (AvgIpc) is 2.93. The van der Waals surface area contributed by atoms with E-state index in [0.29, 0.717) is 0 Å². The molecule has 0 fully saturated rings. The Morgan fingerprint density at radius 3 is 2.90 bits per heavy atom. The van der Waals surface area contributed by atoms with Crippen molar-refractivity contribution >= 4 is 17.2 Å². The van der Waals surface area contributed by atoms with Crippen LogP contribution in [-0.4, -0.2) is 15.5 Å². The molecule has 0 radical (unpaired) electrons. The summed E-state index contributed by atoms with van der Waals surface area (Å²) in [5.41, 5.74) is 0.721. The van der Waals surface area contributed by atoms with Crippen LogP contribution in [0.3, 0.4) is 0 Å². The molecular formula is C14H17N3O2S. The summed E-state index contributed by atoms with van der Waals surface area (Å²) >= 11 is 1.49. The summed E-state index contributed by atoms with van der Waals surface area (Å²) in [5.74, 6) is -0.354. The number of amides is 1. The van der Waals surface area contributed by atoms with E-state index < -0.39 is 0 Å². The maximum Gasteiger partial charge on any atom is 0.257 e. The number of nitrogens with zero attached hydrogens (tertiary/aromatic N) is 2. The molecule has 6 heteroatoms. The Balaban J connectivity index is 2.24. The first-order valence-electron chi connectivity index (χ1n) is 6.40. The minimum Gasteiger partial charge on any atom is -0.354 e. The Bertz CT molecular complexity index is 662. The Morgan fingerprint density at radius 1 is 1.55 bits per heavy atom. The SMILES string of the molecule is CC[C@@H](NC(=O)c1cn(C)c(C)cc1=O)c1nccs1. The number of rotatable bonds is 4. The van der Waals surface area contributed by atoms with Crippen LogP contribution in [0.4, 0.5) is 0 Å². The number of aryl methyl sites for hydroxylation is 2. The Hall–Kier alpha value is -1.95. The smallest absolute Gasteiger partial charge is 0.257 e. The molecule has 106 valence electrons. The molecule has 2 heterocycles. The molecular weight excluding hydrogens is 274 g/mol. The van der Waals surface area contributed by atoms with Crippen LogP contribution >= 0.6 is 11.3 Å². The molecule has 0 spiro atoms. The molecule has 2 aromatic rings. The molecule has 1 N–H and O–H groups in total. The third-order valence-corrected chi connectivity index (χ3v) is 4.08. The van der Waals surface area contributed by atoms with E-state index in [1.807, 2.05) is 26.3 Å². The van der Waals surface area contributed by atoms with Gasteiger partial charge in [0, 0.05) is 36.6 Å². The van der Waals surface area contributed by atoms with Crippen molar-refractivity contribution in [1.82, 2.24) is 14.9 Å². The highest BCUT2D eigenvalue weighted by Gasteiger charge is 2.18. The van der Waals surface area contributed by atoms with Crippen LogP contribution in [-0.2, 0) is 7.05 Å². The maximum absolute atomic E-state index is 12.2. The lowest BCUT2D eigenvalue weighted by molar-refractivity contribution is 0.0933. The quantitative estimate of drug-likeness (QED) is 0.937. The minimum absolute atomic E-state index is 0.159. The first kappa shape index (κ1) is 14.5. The number of nitrogens with one attached hydrogen (secondary N) is 1. The minimum atomic E-state index is -0.354. The van der Waals surface area contributed by atoms with Crippen molar-refractivity contribution in [3.63, 3.8) is 0 Å². The molecule has 20 heavy (non-hydrogen) atoms. The van der Waals surface area contributed by atoms with E-state index in [-0.39, 0.29) is 22.9 Å². The normalized spacial score (nSPS) is 12.2. The van der Waals surface area contributed by atoms with Gasteiger partial charge in [0.05, 0.1) is 6.04 Å². The summed E-state index contributed by atoms with van der Waals surface area (Å²) in [6.45, 7) is 3.80. The predicted octanol–water partition coefficient (Wildman–Crippen LogP) is 2.03. The van der Waals surface area contributed by atoms with Crippen molar-refractivity contribution in [3.05, 3.63) is 50.3 Å². The van der Waals surface area contributed by atoms with Crippen LogP contribution in [0.5, 0.6) is 0 Å².